The van der Waals surface area contributed by atoms with Crippen LogP contribution in [0.4, 0.5) is 4.79 Å². The van der Waals surface area contributed by atoms with Crippen molar-refractivity contribution in [3.05, 3.63) is 29.3 Å². The van der Waals surface area contributed by atoms with Crippen LogP contribution in [0.1, 0.15) is 18.1 Å². The number of ether oxygens (including phenoxy) is 1. The molecule has 25 heavy (non-hydrogen) atoms. The van der Waals surface area contributed by atoms with Crippen molar-refractivity contribution in [3.63, 3.8) is 0 Å². The second-order valence-electron chi connectivity index (χ2n) is 6.04. The molecule has 2 rings (SSSR count). The second-order valence-corrected chi connectivity index (χ2v) is 9.88. The minimum absolute atomic E-state index is 0.0808. The Morgan fingerprint density at radius 3 is 2.48 bits per heavy atom. The summed E-state index contributed by atoms with van der Waals surface area (Å²) in [6.45, 7) is 5.26. The molecule has 0 radical (unpaired) electrons. The Bertz CT molecular complexity index is 864. The van der Waals surface area contributed by atoms with Crippen LogP contribution in [0.25, 0.3) is 0 Å². The monoisotopic (exact) mass is 390 g/mol. The van der Waals surface area contributed by atoms with Crippen LogP contribution >= 0.6 is 0 Å². The van der Waals surface area contributed by atoms with Crippen molar-refractivity contribution in [2.75, 3.05) is 18.1 Å². The van der Waals surface area contributed by atoms with Crippen LogP contribution in [0.5, 0.6) is 0 Å². The van der Waals surface area contributed by atoms with Gasteiger partial charge < -0.3 is 10.1 Å². The Morgan fingerprint density at radius 2 is 1.88 bits per heavy atom. The minimum Gasteiger partial charge on any atom is -0.450 e. The molecule has 2 atom stereocenters. The van der Waals surface area contributed by atoms with Gasteiger partial charge in [0.15, 0.2) is 9.84 Å². The van der Waals surface area contributed by atoms with Crippen molar-refractivity contribution in [2.45, 2.75) is 37.8 Å². The van der Waals surface area contributed by atoms with Crippen LogP contribution in [0.3, 0.4) is 0 Å². The summed E-state index contributed by atoms with van der Waals surface area (Å²) < 4.78 is 56.2. The molecule has 8 nitrogen and oxygen atoms in total. The number of aryl methyl sites for hydroxylation is 2. The normalized spacial score (nSPS) is 22.5. The van der Waals surface area contributed by atoms with Crippen molar-refractivity contribution in [2.24, 2.45) is 0 Å². The Kier molecular flexibility index (Phi) is 5.75. The number of hydrogen-bond donors (Lipinski definition) is 2. The first-order valence-corrected chi connectivity index (χ1v) is 11.1. The molecule has 2 N–H and O–H groups in total. The van der Waals surface area contributed by atoms with Gasteiger partial charge in [0, 0.05) is 0 Å². The Morgan fingerprint density at radius 1 is 1.24 bits per heavy atom. The molecule has 10 heteroatoms. The van der Waals surface area contributed by atoms with Crippen LogP contribution in [0, 0.1) is 13.8 Å². The molecule has 1 amide bonds. The molecular weight excluding hydrogens is 368 g/mol. The quantitative estimate of drug-likeness (QED) is 0.755. The van der Waals surface area contributed by atoms with Crippen LogP contribution < -0.4 is 10.0 Å². The number of sulfone groups is 1. The smallest absolute Gasteiger partial charge is 0.407 e. The van der Waals surface area contributed by atoms with Gasteiger partial charge >= 0.3 is 6.09 Å². The summed E-state index contributed by atoms with van der Waals surface area (Å²) in [5.74, 6) is -0.722. The highest BCUT2D eigenvalue weighted by Crippen LogP contribution is 2.20. The molecule has 0 aliphatic carbocycles. The molecule has 0 saturated carbocycles. The van der Waals surface area contributed by atoms with E-state index in [-0.39, 0.29) is 23.0 Å². The van der Waals surface area contributed by atoms with Crippen LogP contribution in [-0.2, 0) is 24.6 Å². The van der Waals surface area contributed by atoms with Crippen molar-refractivity contribution < 1.29 is 26.4 Å². The third-order valence-electron chi connectivity index (χ3n) is 3.86. The maximum absolute atomic E-state index is 12.6. The lowest BCUT2D eigenvalue weighted by Gasteiger charge is -2.21. The van der Waals surface area contributed by atoms with Crippen molar-refractivity contribution in [1.29, 1.82) is 0 Å². The molecule has 1 aliphatic rings. The van der Waals surface area contributed by atoms with Crippen LogP contribution in [0.15, 0.2) is 23.1 Å². The fourth-order valence-electron chi connectivity index (χ4n) is 2.79. The third-order valence-corrected chi connectivity index (χ3v) is 7.24. The fourth-order valence-corrected chi connectivity index (χ4v) is 6.26. The summed E-state index contributed by atoms with van der Waals surface area (Å²) in [6.07, 6.45) is -0.777. The number of sulfonamides is 1. The molecule has 0 bridgehead atoms. The average Bonchev–Trinajstić information content (AvgIpc) is 2.71. The van der Waals surface area contributed by atoms with Gasteiger partial charge in [-0.2, -0.15) is 0 Å². The number of benzene rings is 1. The lowest BCUT2D eigenvalue weighted by molar-refractivity contribution is 0.148. The minimum atomic E-state index is -3.93. The molecule has 1 aliphatic heterocycles. The summed E-state index contributed by atoms with van der Waals surface area (Å²) in [5, 5.41) is 2.42. The number of alkyl carbamates (subject to hydrolysis) is 1. The van der Waals surface area contributed by atoms with E-state index in [1.807, 2.05) is 6.92 Å². The van der Waals surface area contributed by atoms with Crippen molar-refractivity contribution in [3.8, 4) is 0 Å². The SMILES string of the molecule is CCOC(=O)N[C@@H]1CS(=O)(=O)C[C@@H]1NS(=O)(=O)c1ccc(C)cc1C. The van der Waals surface area contributed by atoms with E-state index in [2.05, 4.69) is 10.0 Å². The van der Waals surface area contributed by atoms with Gasteiger partial charge in [-0.25, -0.2) is 26.4 Å². The highest BCUT2D eigenvalue weighted by molar-refractivity contribution is 7.92. The van der Waals surface area contributed by atoms with E-state index < -0.39 is 38.0 Å². The number of rotatable bonds is 5. The first kappa shape index (κ1) is 19.7. The van der Waals surface area contributed by atoms with E-state index in [1.165, 1.54) is 6.07 Å². The molecule has 0 unspecified atom stereocenters. The zero-order valence-electron chi connectivity index (χ0n) is 14.3. The van der Waals surface area contributed by atoms with Crippen molar-refractivity contribution in [1.82, 2.24) is 10.0 Å². The molecule has 0 spiro atoms. The van der Waals surface area contributed by atoms with E-state index >= 15 is 0 Å². The lowest BCUT2D eigenvalue weighted by atomic mass is 10.2. The van der Waals surface area contributed by atoms with Gasteiger partial charge in [-0.05, 0) is 32.4 Å². The van der Waals surface area contributed by atoms with E-state index in [0.717, 1.165) is 5.56 Å². The summed E-state index contributed by atoms with van der Waals surface area (Å²) in [5.41, 5.74) is 1.48. The molecule has 1 heterocycles. The largest absolute Gasteiger partial charge is 0.450 e. The highest BCUT2D eigenvalue weighted by atomic mass is 32.2. The van der Waals surface area contributed by atoms with Crippen LogP contribution in [0.2, 0.25) is 0 Å². The van der Waals surface area contributed by atoms with Gasteiger partial charge in [0.05, 0.1) is 35.1 Å². The van der Waals surface area contributed by atoms with Gasteiger partial charge in [-0.15, -0.1) is 0 Å². The highest BCUT2D eigenvalue weighted by Gasteiger charge is 2.41. The topological polar surface area (TPSA) is 119 Å². The molecule has 1 saturated heterocycles. The first-order valence-electron chi connectivity index (χ1n) is 7.77. The molecule has 1 aromatic rings. The molecule has 1 fully saturated rings. The predicted octanol–water partition coefficient (Wildman–Crippen LogP) is 0.493. The molecule has 1 aromatic carbocycles. The Labute approximate surface area is 147 Å². The zero-order chi connectivity index (χ0) is 18.8. The Hall–Kier alpha value is -1.65. The number of amides is 1. The van der Waals surface area contributed by atoms with Gasteiger partial charge in [-0.1, -0.05) is 17.7 Å². The summed E-state index contributed by atoms with van der Waals surface area (Å²) >= 11 is 0. The predicted molar refractivity (Wildman–Crippen MR) is 92.6 cm³/mol. The average molecular weight is 390 g/mol. The zero-order valence-corrected chi connectivity index (χ0v) is 15.9. The van der Waals surface area contributed by atoms with Gasteiger partial charge in [0.1, 0.15) is 0 Å². The van der Waals surface area contributed by atoms with Gasteiger partial charge in [0.2, 0.25) is 10.0 Å². The summed E-state index contributed by atoms with van der Waals surface area (Å²) in [7, 11) is -7.40. The number of carbonyl (C=O) groups is 1. The molecule has 140 valence electrons. The van der Waals surface area contributed by atoms with Gasteiger partial charge in [-0.3, -0.25) is 0 Å². The number of carbonyl (C=O) groups excluding carboxylic acids is 1. The van der Waals surface area contributed by atoms with E-state index in [0.29, 0.717) is 5.56 Å². The first-order chi connectivity index (χ1) is 11.5. The van der Waals surface area contributed by atoms with Gasteiger partial charge in [0.25, 0.3) is 0 Å². The second kappa shape index (κ2) is 7.30. The van der Waals surface area contributed by atoms with Crippen LogP contribution in [-0.4, -0.2) is 53.1 Å². The third kappa shape index (κ3) is 4.93. The summed E-state index contributed by atoms with van der Waals surface area (Å²) in [4.78, 5) is 11.7. The van der Waals surface area contributed by atoms with E-state index in [1.54, 1.807) is 26.0 Å². The fraction of sp³-hybridized carbons (Fsp3) is 0.533. The number of hydrogen-bond acceptors (Lipinski definition) is 6. The molecule has 0 aromatic heterocycles. The maximum Gasteiger partial charge on any atom is 0.407 e. The Balaban J connectivity index is 2.24. The van der Waals surface area contributed by atoms with Crippen molar-refractivity contribution >= 4 is 26.0 Å². The standard InChI is InChI=1S/C15H22N2O6S2/c1-4-23-15(18)16-12-8-24(19,20)9-13(12)17-25(21,22)14-6-5-10(2)7-11(14)3/h5-7,12-13,17H,4,8-9H2,1-3H3,(H,16,18)/t12-,13+/m1/s1. The van der Waals surface area contributed by atoms with E-state index in [4.69, 9.17) is 4.74 Å². The summed E-state index contributed by atoms with van der Waals surface area (Å²) in [6, 6.07) is 3.03. The molecular formula is C15H22N2O6S2. The van der Waals surface area contributed by atoms with E-state index in [9.17, 15) is 21.6 Å². The lowest BCUT2D eigenvalue weighted by Crippen LogP contribution is -2.51. The maximum atomic E-state index is 12.6. The number of nitrogens with one attached hydrogen (secondary N) is 2.